The van der Waals surface area contributed by atoms with Crippen molar-refractivity contribution in [1.29, 1.82) is 0 Å². The minimum absolute atomic E-state index is 0.834. The fraction of sp³-hybridized carbons (Fsp3) is 1.00. The monoisotopic (exact) mass is 281 g/mol. The quantitative estimate of drug-likeness (QED) is 0.678. The van der Waals surface area contributed by atoms with Crippen molar-refractivity contribution >= 4 is 11.8 Å². The molecule has 1 N–H and O–H groups in total. The Labute approximate surface area is 123 Å². The lowest BCUT2D eigenvalue weighted by Gasteiger charge is -2.30. The summed E-state index contributed by atoms with van der Waals surface area (Å²) < 4.78 is 0. The van der Waals surface area contributed by atoms with Crippen LogP contribution in [0.2, 0.25) is 0 Å². The van der Waals surface area contributed by atoms with E-state index in [9.17, 15) is 0 Å². The lowest BCUT2D eigenvalue weighted by molar-refractivity contribution is 0.333. The fourth-order valence-electron chi connectivity index (χ4n) is 4.29. The summed E-state index contributed by atoms with van der Waals surface area (Å²) in [6, 6.07) is 1.67. The van der Waals surface area contributed by atoms with Gasteiger partial charge in [0.25, 0.3) is 0 Å². The number of hydrogen-bond acceptors (Lipinski definition) is 2. The molecule has 2 saturated carbocycles. The number of fused-ring (bicyclic) bond motifs is 5. The van der Waals surface area contributed by atoms with Crippen LogP contribution in [-0.4, -0.2) is 22.6 Å². The number of rotatable bonds is 0. The normalized spacial score (nSPS) is 41.7. The largest absolute Gasteiger partial charge is 0.311 e. The molecule has 3 rings (SSSR count). The molecule has 0 aromatic rings. The summed E-state index contributed by atoms with van der Waals surface area (Å²) >= 11 is 2.39. The second-order valence-electron chi connectivity index (χ2n) is 7.03. The van der Waals surface area contributed by atoms with E-state index >= 15 is 0 Å². The summed E-state index contributed by atoms with van der Waals surface area (Å²) in [6.45, 7) is 0. The van der Waals surface area contributed by atoms with Gasteiger partial charge in [-0.25, -0.2) is 0 Å². The first-order valence-corrected chi connectivity index (χ1v) is 9.76. The van der Waals surface area contributed by atoms with Gasteiger partial charge in [0.1, 0.15) is 0 Å². The summed E-state index contributed by atoms with van der Waals surface area (Å²) in [5, 5.41) is 6.00. The molecule has 1 heterocycles. The van der Waals surface area contributed by atoms with Crippen LogP contribution in [0.3, 0.4) is 0 Å². The highest BCUT2D eigenvalue weighted by atomic mass is 32.2. The van der Waals surface area contributed by atoms with Gasteiger partial charge in [-0.1, -0.05) is 38.5 Å². The molecule has 2 aliphatic carbocycles. The van der Waals surface area contributed by atoms with Gasteiger partial charge in [-0.15, -0.1) is 0 Å². The van der Waals surface area contributed by atoms with Crippen molar-refractivity contribution in [2.45, 2.75) is 106 Å². The lowest BCUT2D eigenvalue weighted by atomic mass is 9.94. The fourth-order valence-corrected chi connectivity index (χ4v) is 6.06. The predicted octanol–water partition coefficient (Wildman–Crippen LogP) is 4.90. The van der Waals surface area contributed by atoms with Gasteiger partial charge in [0, 0.05) is 22.6 Å². The molecule has 1 saturated heterocycles. The SMILES string of the molecule is C1CCC2CCC(CC1)SC1CCCCCC(C1)N2. The molecule has 110 valence electrons. The van der Waals surface area contributed by atoms with Gasteiger partial charge in [-0.2, -0.15) is 11.8 Å². The molecule has 1 nitrogen and oxygen atoms in total. The molecule has 0 aromatic carbocycles. The van der Waals surface area contributed by atoms with Crippen molar-refractivity contribution < 1.29 is 0 Å². The highest BCUT2D eigenvalue weighted by molar-refractivity contribution is 8.00. The minimum atomic E-state index is 0.834. The van der Waals surface area contributed by atoms with Crippen LogP contribution in [0, 0.1) is 0 Å². The maximum absolute atomic E-state index is 4.06. The van der Waals surface area contributed by atoms with Crippen LogP contribution >= 0.6 is 11.8 Å². The zero-order valence-electron chi connectivity index (χ0n) is 12.4. The van der Waals surface area contributed by atoms with Crippen molar-refractivity contribution in [2.75, 3.05) is 0 Å². The Hall–Kier alpha value is 0.310. The third-order valence-corrected chi connectivity index (χ3v) is 7.07. The van der Waals surface area contributed by atoms with E-state index in [1.165, 1.54) is 83.5 Å². The summed E-state index contributed by atoms with van der Waals surface area (Å²) in [5.41, 5.74) is 0. The van der Waals surface area contributed by atoms with E-state index in [-0.39, 0.29) is 0 Å². The van der Waals surface area contributed by atoms with Gasteiger partial charge in [0.15, 0.2) is 0 Å². The van der Waals surface area contributed by atoms with Crippen LogP contribution in [0.1, 0.15) is 83.5 Å². The first kappa shape index (κ1) is 14.3. The summed E-state index contributed by atoms with van der Waals surface area (Å²) in [7, 11) is 0. The lowest BCUT2D eigenvalue weighted by Crippen LogP contribution is -2.40. The molecule has 0 aromatic heterocycles. The maximum Gasteiger partial charge on any atom is 0.00801 e. The second kappa shape index (κ2) is 7.36. The van der Waals surface area contributed by atoms with Crippen molar-refractivity contribution in [1.82, 2.24) is 5.32 Å². The maximum atomic E-state index is 4.06. The van der Waals surface area contributed by atoms with E-state index in [0.29, 0.717) is 0 Å². The van der Waals surface area contributed by atoms with Gasteiger partial charge in [-0.3, -0.25) is 0 Å². The Morgan fingerprint density at radius 1 is 0.579 bits per heavy atom. The third-order valence-electron chi connectivity index (χ3n) is 5.40. The average molecular weight is 282 g/mol. The van der Waals surface area contributed by atoms with E-state index in [1.807, 2.05) is 0 Å². The third kappa shape index (κ3) is 4.39. The molecule has 1 aliphatic heterocycles. The van der Waals surface area contributed by atoms with Crippen LogP contribution in [0.4, 0.5) is 0 Å². The smallest absolute Gasteiger partial charge is 0.00801 e. The molecule has 2 heteroatoms. The Kier molecular flexibility index (Phi) is 5.52. The highest BCUT2D eigenvalue weighted by Crippen LogP contribution is 2.36. The Balaban J connectivity index is 1.72. The molecular weight excluding hydrogens is 250 g/mol. The van der Waals surface area contributed by atoms with Crippen molar-refractivity contribution in [3.05, 3.63) is 0 Å². The van der Waals surface area contributed by atoms with Crippen molar-refractivity contribution in [2.24, 2.45) is 0 Å². The van der Waals surface area contributed by atoms with Gasteiger partial charge in [0.2, 0.25) is 0 Å². The average Bonchev–Trinajstić information content (AvgIpc) is 2.52. The van der Waals surface area contributed by atoms with E-state index in [1.54, 1.807) is 0 Å². The second-order valence-corrected chi connectivity index (χ2v) is 8.64. The summed E-state index contributed by atoms with van der Waals surface area (Å²) in [5.74, 6) is 0. The van der Waals surface area contributed by atoms with Crippen LogP contribution < -0.4 is 5.32 Å². The van der Waals surface area contributed by atoms with Crippen LogP contribution in [0.5, 0.6) is 0 Å². The number of hydrogen-bond donors (Lipinski definition) is 1. The van der Waals surface area contributed by atoms with Crippen LogP contribution in [0.15, 0.2) is 0 Å². The van der Waals surface area contributed by atoms with E-state index in [0.717, 1.165) is 22.6 Å². The van der Waals surface area contributed by atoms with E-state index < -0.39 is 0 Å². The standard InChI is InChI=1S/C17H31NS/c1-3-7-14-11-12-16(9-5-1)19-17-10-6-2-4-8-15(13-17)18-14/h14-18H,1-13H2. The van der Waals surface area contributed by atoms with Crippen LogP contribution in [-0.2, 0) is 0 Å². The molecule has 0 amide bonds. The van der Waals surface area contributed by atoms with Crippen molar-refractivity contribution in [3.8, 4) is 0 Å². The Morgan fingerprint density at radius 2 is 1.26 bits per heavy atom. The molecular formula is C17H31NS. The highest BCUT2D eigenvalue weighted by Gasteiger charge is 2.27. The summed E-state index contributed by atoms with van der Waals surface area (Å²) in [6.07, 6.45) is 19.1. The first-order chi connectivity index (χ1) is 9.40. The summed E-state index contributed by atoms with van der Waals surface area (Å²) in [4.78, 5) is 0. The Morgan fingerprint density at radius 3 is 2.11 bits per heavy atom. The van der Waals surface area contributed by atoms with Gasteiger partial charge >= 0.3 is 0 Å². The van der Waals surface area contributed by atoms with Crippen LogP contribution in [0.25, 0.3) is 0 Å². The van der Waals surface area contributed by atoms with E-state index in [4.69, 9.17) is 0 Å². The van der Waals surface area contributed by atoms with Gasteiger partial charge in [0.05, 0.1) is 0 Å². The molecule has 3 fully saturated rings. The molecule has 19 heavy (non-hydrogen) atoms. The predicted molar refractivity (Wildman–Crippen MR) is 85.9 cm³/mol. The topological polar surface area (TPSA) is 12.0 Å². The molecule has 4 atom stereocenters. The van der Waals surface area contributed by atoms with Crippen molar-refractivity contribution in [3.63, 3.8) is 0 Å². The number of nitrogens with one attached hydrogen (secondary N) is 1. The van der Waals surface area contributed by atoms with Gasteiger partial charge in [-0.05, 0) is 44.9 Å². The van der Waals surface area contributed by atoms with Gasteiger partial charge < -0.3 is 5.32 Å². The first-order valence-electron chi connectivity index (χ1n) is 8.81. The Bertz CT molecular complexity index is 244. The molecule has 3 aliphatic rings. The molecule has 4 bridgehead atoms. The zero-order chi connectivity index (χ0) is 12.9. The molecule has 0 spiro atoms. The number of thioether (sulfide) groups is 1. The zero-order valence-corrected chi connectivity index (χ0v) is 13.2. The molecule has 0 radical (unpaired) electrons. The molecule has 4 unspecified atom stereocenters. The minimum Gasteiger partial charge on any atom is -0.311 e. The van der Waals surface area contributed by atoms with E-state index in [2.05, 4.69) is 17.1 Å².